The van der Waals surface area contributed by atoms with Crippen LogP contribution < -0.4 is 24.9 Å². The Balaban J connectivity index is 0.00000119. The lowest BCUT2D eigenvalue weighted by Crippen LogP contribution is -2.42. The predicted octanol–water partition coefficient (Wildman–Crippen LogP) is 6.12. The zero-order valence-electron chi connectivity index (χ0n) is 30.6. The topological polar surface area (TPSA) is 128 Å². The molecule has 2 aliphatic heterocycles. The summed E-state index contributed by atoms with van der Waals surface area (Å²) in [6, 6.07) is 34.7. The summed E-state index contributed by atoms with van der Waals surface area (Å²) in [5, 5.41) is 7.40. The third-order valence-corrected chi connectivity index (χ3v) is 9.51. The summed E-state index contributed by atoms with van der Waals surface area (Å²) in [6.07, 6.45) is -1.08. The third-order valence-electron chi connectivity index (χ3n) is 9.51. The van der Waals surface area contributed by atoms with Crippen LogP contribution in [0.2, 0.25) is 0 Å². The largest absolute Gasteiger partial charge is 0.497 e. The highest BCUT2D eigenvalue weighted by Crippen LogP contribution is 2.44. The van der Waals surface area contributed by atoms with Crippen LogP contribution in [0, 0.1) is 0 Å². The fourth-order valence-electron chi connectivity index (χ4n) is 6.95. The van der Waals surface area contributed by atoms with Gasteiger partial charge in [0.2, 0.25) is 0 Å². The second-order valence-corrected chi connectivity index (χ2v) is 12.8. The van der Waals surface area contributed by atoms with Crippen LogP contribution in [0.1, 0.15) is 39.2 Å². The Bertz CT molecular complexity index is 1910. The first kappa shape index (κ1) is 38.3. The van der Waals surface area contributed by atoms with Crippen molar-refractivity contribution in [2.45, 2.75) is 36.9 Å². The molecular formula is C41H44FN5O7. The Labute approximate surface area is 314 Å². The molecule has 0 aliphatic carbocycles. The van der Waals surface area contributed by atoms with Crippen molar-refractivity contribution >= 4 is 17.3 Å². The van der Waals surface area contributed by atoms with Crippen LogP contribution in [-0.4, -0.2) is 81.1 Å². The number of ether oxygens (including phenoxy) is 4. The normalized spacial score (nSPS) is 17.8. The summed E-state index contributed by atoms with van der Waals surface area (Å²) in [5.41, 5.74) is 4.95. The summed E-state index contributed by atoms with van der Waals surface area (Å²) in [7, 11) is 6.47. The van der Waals surface area contributed by atoms with Gasteiger partial charge in [0, 0.05) is 19.0 Å². The van der Waals surface area contributed by atoms with E-state index >= 15 is 4.39 Å². The highest BCUT2D eigenvalue weighted by atomic mass is 19.1. The maximum absolute atomic E-state index is 16.0. The minimum absolute atomic E-state index is 0.0494. The van der Waals surface area contributed by atoms with Crippen molar-refractivity contribution in [1.82, 2.24) is 15.6 Å². The van der Waals surface area contributed by atoms with E-state index in [0.29, 0.717) is 29.4 Å². The number of anilines is 2. The number of methoxy groups -OCH3 is 2. The van der Waals surface area contributed by atoms with E-state index in [1.807, 2.05) is 114 Å². The van der Waals surface area contributed by atoms with E-state index in [4.69, 9.17) is 24.2 Å². The highest BCUT2D eigenvalue weighted by molar-refractivity contribution is 5.98. The Morgan fingerprint density at radius 2 is 1.43 bits per heavy atom. The van der Waals surface area contributed by atoms with E-state index in [-0.39, 0.29) is 25.2 Å². The molecule has 0 amide bonds. The van der Waals surface area contributed by atoms with Crippen molar-refractivity contribution in [2.75, 3.05) is 51.5 Å². The minimum atomic E-state index is -1.31. The van der Waals surface area contributed by atoms with Crippen molar-refractivity contribution in [3.8, 4) is 11.5 Å². The molecular weight excluding hydrogens is 693 g/mol. The van der Waals surface area contributed by atoms with E-state index < -0.39 is 24.1 Å². The molecule has 2 N–H and O–H groups in total. The number of carbonyl (C=O) groups excluding carboxylic acids is 1. The first-order valence-corrected chi connectivity index (χ1v) is 17.4. The monoisotopic (exact) mass is 737 g/mol. The number of nitrogens with zero attached hydrogens (tertiary/aromatic N) is 4. The number of ketones is 1. The van der Waals surface area contributed by atoms with Gasteiger partial charge in [0.15, 0.2) is 17.8 Å². The number of alkyl halides is 1. The molecule has 54 heavy (non-hydrogen) atoms. The van der Waals surface area contributed by atoms with Gasteiger partial charge in [-0.3, -0.25) is 14.8 Å². The zero-order chi connectivity index (χ0) is 38.1. The zero-order valence-corrected chi connectivity index (χ0v) is 30.6. The van der Waals surface area contributed by atoms with Gasteiger partial charge < -0.3 is 28.7 Å². The lowest BCUT2D eigenvalue weighted by molar-refractivity contribution is -0.101. The summed E-state index contributed by atoms with van der Waals surface area (Å²) >= 11 is 0. The van der Waals surface area contributed by atoms with E-state index in [0.717, 1.165) is 28.2 Å². The Morgan fingerprint density at radius 3 is 1.98 bits per heavy atom. The van der Waals surface area contributed by atoms with E-state index in [1.54, 1.807) is 26.4 Å². The smallest absolute Gasteiger partial charge is 0.168 e. The Morgan fingerprint density at radius 1 is 0.870 bits per heavy atom. The molecule has 7 rings (SSSR count). The molecule has 13 heteroatoms. The van der Waals surface area contributed by atoms with Gasteiger partial charge in [-0.05, 0) is 41.0 Å². The van der Waals surface area contributed by atoms with Gasteiger partial charge in [-0.2, -0.15) is 0 Å². The van der Waals surface area contributed by atoms with Gasteiger partial charge in [0.1, 0.15) is 35.3 Å². The maximum Gasteiger partial charge on any atom is 0.168 e. The fourth-order valence-corrected chi connectivity index (χ4v) is 6.95. The number of carbonyl (C=O) groups is 1. The van der Waals surface area contributed by atoms with E-state index in [1.165, 1.54) is 19.1 Å². The average Bonchev–Trinajstić information content (AvgIpc) is 3.77. The van der Waals surface area contributed by atoms with E-state index in [2.05, 4.69) is 14.8 Å². The lowest BCUT2D eigenvalue weighted by Gasteiger charge is -2.37. The van der Waals surface area contributed by atoms with Crippen LogP contribution in [0.4, 0.5) is 15.9 Å². The average molecular weight is 738 g/mol. The molecule has 0 spiro atoms. The van der Waals surface area contributed by atoms with Gasteiger partial charge in [-0.15, -0.1) is 0 Å². The fraction of sp³-hybridized carbons (Fsp3) is 0.293. The van der Waals surface area contributed by atoms with Crippen LogP contribution in [0.3, 0.4) is 0 Å². The van der Waals surface area contributed by atoms with Crippen LogP contribution in [0.15, 0.2) is 116 Å². The highest BCUT2D eigenvalue weighted by Gasteiger charge is 2.46. The summed E-state index contributed by atoms with van der Waals surface area (Å²) < 4.78 is 40.4. The first-order valence-electron chi connectivity index (χ1n) is 17.4. The van der Waals surface area contributed by atoms with Crippen LogP contribution in [-0.2, 0) is 26.3 Å². The predicted molar refractivity (Wildman–Crippen MR) is 201 cm³/mol. The quantitative estimate of drug-likeness (QED) is 0.0821. The number of hydrogen-bond acceptors (Lipinski definition) is 12. The Kier molecular flexibility index (Phi) is 12.5. The second kappa shape index (κ2) is 17.6. The molecule has 0 radical (unpaired) electrons. The van der Waals surface area contributed by atoms with Gasteiger partial charge in [0.05, 0.1) is 52.8 Å². The standard InChI is InChI=1S/C40H39FN4O5.CH5NO2/c1-44-26-45(38-37(44)35(42-25-43-38)23-36(46)27-10-6-4-7-11-27)39-34(41)22-33(50-39)24-49-40(28-12-8-5-9-13-28,29-14-18-31(47-2)19-15-29)30-16-20-32(48-3)21-17-30;1-4-2-3/h4-21,25,33-34,39H,22-24,26H2,1-3H3;2-3H,1H3/t33?,34-,39?;/m1./s1. The molecule has 4 aromatic carbocycles. The molecule has 282 valence electrons. The molecule has 3 atom stereocenters. The number of benzene rings is 4. The number of halogens is 1. The lowest BCUT2D eigenvalue weighted by atomic mass is 9.80. The molecule has 12 nitrogen and oxygen atoms in total. The van der Waals surface area contributed by atoms with Crippen molar-refractivity contribution in [1.29, 1.82) is 0 Å². The molecule has 3 heterocycles. The number of fused-ring (bicyclic) bond motifs is 1. The Hall–Kier alpha value is -5.44. The summed E-state index contributed by atoms with van der Waals surface area (Å²) in [6.45, 7) is 0.450. The molecule has 0 saturated carbocycles. The molecule has 1 fully saturated rings. The third kappa shape index (κ3) is 8.05. The second-order valence-electron chi connectivity index (χ2n) is 12.8. The number of aromatic nitrogens is 2. The molecule has 1 aromatic heterocycles. The first-order chi connectivity index (χ1) is 26.3. The number of rotatable bonds is 13. The van der Waals surface area contributed by atoms with Crippen molar-refractivity contribution in [2.24, 2.45) is 0 Å². The van der Waals surface area contributed by atoms with Crippen LogP contribution in [0.25, 0.3) is 0 Å². The van der Waals surface area contributed by atoms with Crippen LogP contribution >= 0.6 is 0 Å². The van der Waals surface area contributed by atoms with Gasteiger partial charge in [-0.25, -0.2) is 14.4 Å². The van der Waals surface area contributed by atoms with E-state index in [9.17, 15) is 4.79 Å². The van der Waals surface area contributed by atoms with Crippen molar-refractivity contribution in [3.05, 3.63) is 143 Å². The van der Waals surface area contributed by atoms with Crippen LogP contribution in [0.5, 0.6) is 11.5 Å². The van der Waals surface area contributed by atoms with Crippen molar-refractivity contribution < 1.29 is 38.2 Å². The minimum Gasteiger partial charge on any atom is -0.497 e. The van der Waals surface area contributed by atoms with Gasteiger partial charge >= 0.3 is 0 Å². The number of hydrogen-bond donors (Lipinski definition) is 2. The molecule has 2 aliphatic rings. The van der Waals surface area contributed by atoms with Gasteiger partial charge in [-0.1, -0.05) is 90.6 Å². The SMILES string of the molecule is CONO.COc1ccc(C(OCC2C[C@@H](F)C(N3CN(C)c4c(CC(=O)c5ccccc5)ncnc43)O2)(c2ccccc2)c2ccc(OC)cc2)cc1. The summed E-state index contributed by atoms with van der Waals surface area (Å²) in [5.74, 6) is 1.94. The molecule has 2 unspecified atom stereocenters. The molecule has 5 aromatic rings. The number of Topliss-reactive ketones (excluding diaryl/α,β-unsaturated/α-hetero) is 1. The van der Waals surface area contributed by atoms with Gasteiger partial charge in [0.25, 0.3) is 0 Å². The van der Waals surface area contributed by atoms with Crippen molar-refractivity contribution in [3.63, 3.8) is 0 Å². The maximum atomic E-state index is 16.0. The summed E-state index contributed by atoms with van der Waals surface area (Å²) in [4.78, 5) is 29.7. The molecule has 1 saturated heterocycles. The molecule has 0 bridgehead atoms. The number of nitrogens with one attached hydrogen (secondary N) is 1.